The Morgan fingerprint density at radius 3 is 2.25 bits per heavy atom. The Labute approximate surface area is 207 Å². The van der Waals surface area contributed by atoms with Crippen LogP contribution in [-0.4, -0.2) is 33.7 Å². The Balaban J connectivity index is 1.30. The number of rotatable bonds is 6. The number of hydrogen-bond acceptors (Lipinski definition) is 6. The van der Waals surface area contributed by atoms with Crippen molar-refractivity contribution in [1.29, 1.82) is 0 Å². The number of hydrogen-bond donors (Lipinski definition) is 2. The van der Waals surface area contributed by atoms with Gasteiger partial charge in [-0.05, 0) is 56.3 Å². The molecule has 0 saturated carbocycles. The van der Waals surface area contributed by atoms with E-state index in [1.165, 1.54) is 24.3 Å². The highest BCUT2D eigenvalue weighted by Gasteiger charge is 2.17. The van der Waals surface area contributed by atoms with Crippen LogP contribution in [0, 0.1) is 13.8 Å². The molecular weight excluding hydrogens is 476 g/mol. The second kappa shape index (κ2) is 9.23. The molecule has 5 rings (SSSR count). The minimum Gasteiger partial charge on any atom is -0.322 e. The Hall–Kier alpha value is -4.57. The third-order valence-corrected chi connectivity index (χ3v) is 6.77. The number of anilines is 2. The first-order chi connectivity index (χ1) is 17.3. The van der Waals surface area contributed by atoms with Crippen molar-refractivity contribution in [1.82, 2.24) is 19.4 Å². The van der Waals surface area contributed by atoms with Crippen LogP contribution in [-0.2, 0) is 10.0 Å². The fourth-order valence-electron chi connectivity index (χ4n) is 3.74. The Morgan fingerprint density at radius 2 is 1.56 bits per heavy atom. The molecule has 2 N–H and O–H groups in total. The number of imidazole rings is 1. The molecule has 0 spiro atoms. The summed E-state index contributed by atoms with van der Waals surface area (Å²) in [6.07, 6.45) is 3.68. The average Bonchev–Trinajstić information content (AvgIpc) is 3.27. The number of aryl methyl sites for hydroxylation is 2. The standard InChI is InChI=1S/C26H22N6O3S/c1-17-14-18(2)28-26(27-17)31-36(34,35)22-10-8-21(9-11-22)29-25(33)20-12-13-32-16-23(30-24(32)15-20)19-6-4-3-5-7-19/h3-16H,1-2H3,(H,29,33)(H,27,28,31). The van der Waals surface area contributed by atoms with Crippen LogP contribution in [0.25, 0.3) is 16.9 Å². The number of aromatic nitrogens is 4. The summed E-state index contributed by atoms with van der Waals surface area (Å²) < 4.78 is 29.7. The van der Waals surface area contributed by atoms with Gasteiger partial charge in [0.1, 0.15) is 5.65 Å². The van der Waals surface area contributed by atoms with Crippen molar-refractivity contribution >= 4 is 33.2 Å². The van der Waals surface area contributed by atoms with Crippen LogP contribution in [0.5, 0.6) is 0 Å². The van der Waals surface area contributed by atoms with Crippen LogP contribution in [0.1, 0.15) is 21.7 Å². The van der Waals surface area contributed by atoms with Crippen LogP contribution < -0.4 is 10.0 Å². The summed E-state index contributed by atoms with van der Waals surface area (Å²) in [7, 11) is -3.89. The lowest BCUT2D eigenvalue weighted by Gasteiger charge is -2.09. The SMILES string of the molecule is Cc1cc(C)nc(NS(=O)(=O)c2ccc(NC(=O)c3ccn4cc(-c5ccccc5)nc4c3)cc2)n1. The summed E-state index contributed by atoms with van der Waals surface area (Å²) >= 11 is 0. The van der Waals surface area contributed by atoms with Crippen LogP contribution >= 0.6 is 0 Å². The van der Waals surface area contributed by atoms with Gasteiger partial charge in [0.2, 0.25) is 5.95 Å². The van der Waals surface area contributed by atoms with Gasteiger partial charge in [-0.3, -0.25) is 4.79 Å². The van der Waals surface area contributed by atoms with E-state index in [2.05, 4.69) is 25.0 Å². The molecule has 10 heteroatoms. The molecule has 1 amide bonds. The lowest BCUT2D eigenvalue weighted by atomic mass is 10.2. The van der Waals surface area contributed by atoms with Gasteiger partial charge in [-0.25, -0.2) is 28.1 Å². The molecule has 0 bridgehead atoms. The lowest BCUT2D eigenvalue weighted by molar-refractivity contribution is 0.102. The topological polar surface area (TPSA) is 118 Å². The third kappa shape index (κ3) is 4.93. The molecule has 0 aliphatic heterocycles. The minimum atomic E-state index is -3.89. The van der Waals surface area contributed by atoms with Crippen molar-refractivity contribution in [2.75, 3.05) is 10.0 Å². The number of fused-ring (bicyclic) bond motifs is 1. The highest BCUT2D eigenvalue weighted by Crippen LogP contribution is 2.21. The van der Waals surface area contributed by atoms with Gasteiger partial charge in [-0.1, -0.05) is 30.3 Å². The molecule has 0 aliphatic rings. The van der Waals surface area contributed by atoms with Crippen molar-refractivity contribution in [3.05, 3.63) is 102 Å². The molecule has 2 aromatic carbocycles. The Bertz CT molecular complexity index is 1660. The maximum Gasteiger partial charge on any atom is 0.264 e. The summed E-state index contributed by atoms with van der Waals surface area (Å²) in [5.74, 6) is -0.325. The number of benzene rings is 2. The minimum absolute atomic E-state index is 0.00897. The first-order valence-electron chi connectivity index (χ1n) is 11.1. The molecule has 0 fully saturated rings. The molecule has 180 valence electrons. The molecule has 0 atom stereocenters. The summed E-state index contributed by atoms with van der Waals surface area (Å²) in [4.78, 5) is 25.7. The van der Waals surface area contributed by atoms with E-state index in [1.807, 2.05) is 40.9 Å². The van der Waals surface area contributed by atoms with E-state index in [9.17, 15) is 13.2 Å². The number of nitrogens with one attached hydrogen (secondary N) is 2. The van der Waals surface area contributed by atoms with E-state index in [4.69, 9.17) is 0 Å². The molecule has 5 aromatic rings. The van der Waals surface area contributed by atoms with Crippen LogP contribution in [0.15, 0.2) is 90.1 Å². The van der Waals surface area contributed by atoms with Gasteiger partial charge in [-0.2, -0.15) is 0 Å². The highest BCUT2D eigenvalue weighted by atomic mass is 32.2. The third-order valence-electron chi connectivity index (χ3n) is 5.42. The number of carbonyl (C=O) groups excluding carboxylic acids is 1. The fraction of sp³-hybridized carbons (Fsp3) is 0.0769. The zero-order valence-electron chi connectivity index (χ0n) is 19.5. The zero-order valence-corrected chi connectivity index (χ0v) is 20.3. The average molecular weight is 499 g/mol. The molecule has 9 nitrogen and oxygen atoms in total. The summed E-state index contributed by atoms with van der Waals surface area (Å²) in [6, 6.07) is 20.8. The Morgan fingerprint density at radius 1 is 0.861 bits per heavy atom. The normalized spacial score (nSPS) is 11.4. The predicted molar refractivity (Wildman–Crippen MR) is 137 cm³/mol. The zero-order chi connectivity index (χ0) is 25.3. The van der Waals surface area contributed by atoms with E-state index in [-0.39, 0.29) is 16.8 Å². The largest absolute Gasteiger partial charge is 0.322 e. The number of sulfonamides is 1. The van der Waals surface area contributed by atoms with Crippen molar-refractivity contribution < 1.29 is 13.2 Å². The van der Waals surface area contributed by atoms with E-state index in [0.29, 0.717) is 28.3 Å². The molecule has 3 aromatic heterocycles. The van der Waals surface area contributed by atoms with Gasteiger partial charge < -0.3 is 9.72 Å². The van der Waals surface area contributed by atoms with Crippen LogP contribution in [0.3, 0.4) is 0 Å². The van der Waals surface area contributed by atoms with E-state index in [1.54, 1.807) is 38.2 Å². The maximum atomic E-state index is 12.8. The Kier molecular flexibility index (Phi) is 5.95. The van der Waals surface area contributed by atoms with Crippen molar-refractivity contribution in [3.63, 3.8) is 0 Å². The maximum absolute atomic E-state index is 12.8. The van der Waals surface area contributed by atoms with Crippen molar-refractivity contribution in [2.24, 2.45) is 0 Å². The molecule has 0 aliphatic carbocycles. The summed E-state index contributed by atoms with van der Waals surface area (Å²) in [6.45, 7) is 3.52. The molecule has 0 saturated heterocycles. The van der Waals surface area contributed by atoms with E-state index in [0.717, 1.165) is 11.3 Å². The van der Waals surface area contributed by atoms with Gasteiger partial charge in [0.25, 0.3) is 15.9 Å². The number of nitrogens with zero attached hydrogens (tertiary/aromatic N) is 4. The van der Waals surface area contributed by atoms with E-state index < -0.39 is 10.0 Å². The van der Waals surface area contributed by atoms with Crippen LogP contribution in [0.2, 0.25) is 0 Å². The van der Waals surface area contributed by atoms with E-state index >= 15 is 0 Å². The van der Waals surface area contributed by atoms with Gasteiger partial charge in [-0.15, -0.1) is 0 Å². The summed E-state index contributed by atoms with van der Waals surface area (Å²) in [5.41, 5.74) is 4.63. The number of pyridine rings is 1. The molecular formula is C26H22N6O3S. The van der Waals surface area contributed by atoms with Crippen molar-refractivity contribution in [3.8, 4) is 11.3 Å². The van der Waals surface area contributed by atoms with Crippen LogP contribution in [0.4, 0.5) is 11.6 Å². The van der Waals surface area contributed by atoms with Gasteiger partial charge >= 0.3 is 0 Å². The number of amides is 1. The van der Waals surface area contributed by atoms with Gasteiger partial charge in [0.05, 0.1) is 10.6 Å². The molecule has 3 heterocycles. The second-order valence-electron chi connectivity index (χ2n) is 8.23. The second-order valence-corrected chi connectivity index (χ2v) is 9.91. The first kappa shape index (κ1) is 23.2. The fourth-order valence-corrected chi connectivity index (χ4v) is 4.69. The predicted octanol–water partition coefficient (Wildman–Crippen LogP) is 4.46. The lowest BCUT2D eigenvalue weighted by Crippen LogP contribution is -2.16. The molecule has 0 radical (unpaired) electrons. The quantitative estimate of drug-likeness (QED) is 0.357. The van der Waals surface area contributed by atoms with Crippen molar-refractivity contribution in [2.45, 2.75) is 18.7 Å². The summed E-state index contributed by atoms with van der Waals surface area (Å²) in [5, 5.41) is 2.79. The molecule has 0 unspecified atom stereocenters. The number of carbonyl (C=O) groups is 1. The smallest absolute Gasteiger partial charge is 0.264 e. The monoisotopic (exact) mass is 498 g/mol. The first-order valence-corrected chi connectivity index (χ1v) is 12.6. The highest BCUT2D eigenvalue weighted by molar-refractivity contribution is 7.92. The van der Waals surface area contributed by atoms with Gasteiger partial charge in [0, 0.05) is 40.6 Å². The molecule has 36 heavy (non-hydrogen) atoms. The van der Waals surface area contributed by atoms with Gasteiger partial charge in [0.15, 0.2) is 0 Å².